The molecule has 31 heavy (non-hydrogen) atoms. The molecule has 4 rings (SSSR count). The molecule has 2 fully saturated rings. The van der Waals surface area contributed by atoms with E-state index in [2.05, 4.69) is 0 Å². The van der Waals surface area contributed by atoms with E-state index in [0.717, 1.165) is 11.1 Å². The highest BCUT2D eigenvalue weighted by molar-refractivity contribution is 6.30. The highest BCUT2D eigenvalue weighted by Gasteiger charge is 2.47. The van der Waals surface area contributed by atoms with Gasteiger partial charge in [-0.15, -0.1) is 0 Å². The zero-order valence-electron chi connectivity index (χ0n) is 17.0. The maximum Gasteiger partial charge on any atom is 0.304 e. The Morgan fingerprint density at radius 2 is 1.74 bits per heavy atom. The molecule has 5 atom stereocenters. The number of rotatable bonds is 5. The second-order valence-electron chi connectivity index (χ2n) is 8.55. The molecule has 1 saturated heterocycles. The summed E-state index contributed by atoms with van der Waals surface area (Å²) in [6.07, 6.45) is 1.58. The van der Waals surface area contributed by atoms with Gasteiger partial charge in [0.05, 0.1) is 18.6 Å². The maximum atomic E-state index is 13.6. The molecule has 0 bridgehead atoms. The van der Waals surface area contributed by atoms with Crippen LogP contribution in [-0.2, 0) is 9.59 Å². The number of piperidine rings is 1. The van der Waals surface area contributed by atoms with E-state index in [1.54, 1.807) is 18.2 Å². The van der Waals surface area contributed by atoms with E-state index in [0.29, 0.717) is 35.7 Å². The summed E-state index contributed by atoms with van der Waals surface area (Å²) < 4.78 is 0. The molecule has 2 aromatic carbocycles. The first-order valence-corrected chi connectivity index (χ1v) is 11.3. The van der Waals surface area contributed by atoms with Gasteiger partial charge in [0, 0.05) is 27.9 Å². The van der Waals surface area contributed by atoms with E-state index >= 15 is 0 Å². The molecular formula is C24H25Cl2NO4. The van der Waals surface area contributed by atoms with Gasteiger partial charge in [0.25, 0.3) is 0 Å². The summed E-state index contributed by atoms with van der Waals surface area (Å²) in [5.41, 5.74) is 1.91. The number of carboxylic acids is 1. The van der Waals surface area contributed by atoms with Crippen molar-refractivity contribution in [3.05, 3.63) is 69.7 Å². The van der Waals surface area contributed by atoms with Crippen molar-refractivity contribution in [3.8, 4) is 0 Å². The van der Waals surface area contributed by atoms with Crippen molar-refractivity contribution in [1.29, 1.82) is 0 Å². The molecule has 0 radical (unpaired) electrons. The van der Waals surface area contributed by atoms with Gasteiger partial charge in [-0.1, -0.05) is 47.5 Å². The van der Waals surface area contributed by atoms with E-state index in [-0.39, 0.29) is 30.3 Å². The van der Waals surface area contributed by atoms with E-state index in [9.17, 15) is 19.8 Å². The fourth-order valence-corrected chi connectivity index (χ4v) is 5.49. The third kappa shape index (κ3) is 4.74. The van der Waals surface area contributed by atoms with Crippen molar-refractivity contribution >= 4 is 35.1 Å². The quantitative estimate of drug-likeness (QED) is 0.652. The van der Waals surface area contributed by atoms with Gasteiger partial charge < -0.3 is 15.1 Å². The summed E-state index contributed by atoms with van der Waals surface area (Å²) >= 11 is 12.4. The second kappa shape index (κ2) is 9.19. The lowest BCUT2D eigenvalue weighted by Crippen LogP contribution is -2.51. The van der Waals surface area contributed by atoms with Crippen LogP contribution in [0.5, 0.6) is 0 Å². The van der Waals surface area contributed by atoms with Crippen LogP contribution >= 0.6 is 23.2 Å². The Morgan fingerprint density at radius 1 is 1.00 bits per heavy atom. The van der Waals surface area contributed by atoms with Crippen LogP contribution in [0.2, 0.25) is 10.0 Å². The number of aliphatic hydroxyl groups excluding tert-OH is 1. The van der Waals surface area contributed by atoms with Gasteiger partial charge in [-0.3, -0.25) is 9.59 Å². The van der Waals surface area contributed by atoms with Gasteiger partial charge in [0.15, 0.2) is 0 Å². The van der Waals surface area contributed by atoms with Crippen molar-refractivity contribution in [2.45, 2.75) is 56.2 Å². The van der Waals surface area contributed by atoms with Crippen LogP contribution in [0.25, 0.3) is 0 Å². The van der Waals surface area contributed by atoms with Gasteiger partial charge in [-0.05, 0) is 61.1 Å². The average molecular weight is 462 g/mol. The molecule has 5 nitrogen and oxygen atoms in total. The first-order valence-electron chi connectivity index (χ1n) is 10.6. The summed E-state index contributed by atoms with van der Waals surface area (Å²) in [5.74, 6) is -1.89. The number of nitrogens with zero attached hydrogens (tertiary/aromatic N) is 1. The summed E-state index contributed by atoms with van der Waals surface area (Å²) in [7, 11) is 0. The number of carboxylic acid groups (broad SMARTS) is 1. The van der Waals surface area contributed by atoms with Crippen LogP contribution in [0.4, 0.5) is 0 Å². The number of carbonyl (C=O) groups is 2. The zero-order chi connectivity index (χ0) is 22.1. The number of hydrogen-bond acceptors (Lipinski definition) is 3. The monoisotopic (exact) mass is 461 g/mol. The molecule has 1 aliphatic carbocycles. The topological polar surface area (TPSA) is 77.8 Å². The first-order chi connectivity index (χ1) is 14.8. The third-order valence-corrected chi connectivity index (χ3v) is 6.99. The number of carbonyl (C=O) groups excluding carboxylic acids is 1. The van der Waals surface area contributed by atoms with E-state index in [1.165, 1.54) is 0 Å². The van der Waals surface area contributed by atoms with E-state index < -0.39 is 18.0 Å². The number of amides is 1. The number of aliphatic carboxylic acids is 1. The second-order valence-corrected chi connectivity index (χ2v) is 9.43. The van der Waals surface area contributed by atoms with Crippen molar-refractivity contribution in [3.63, 3.8) is 0 Å². The lowest BCUT2D eigenvalue weighted by molar-refractivity contribution is -0.152. The third-order valence-electron chi connectivity index (χ3n) is 6.50. The normalized spacial score (nSPS) is 28.7. The predicted molar refractivity (Wildman–Crippen MR) is 119 cm³/mol. The molecule has 2 aromatic rings. The highest BCUT2D eigenvalue weighted by atomic mass is 35.5. The predicted octanol–water partition coefficient (Wildman–Crippen LogP) is 5.05. The van der Waals surface area contributed by atoms with Gasteiger partial charge in [0.1, 0.15) is 0 Å². The number of aliphatic hydroxyl groups is 1. The molecule has 2 unspecified atom stereocenters. The molecule has 164 valence electrons. The zero-order valence-corrected chi connectivity index (χ0v) is 18.5. The summed E-state index contributed by atoms with van der Waals surface area (Å²) in [6.45, 7) is 0. The molecule has 1 saturated carbocycles. The molecule has 0 aromatic heterocycles. The van der Waals surface area contributed by atoms with E-state index in [4.69, 9.17) is 23.2 Å². The smallest absolute Gasteiger partial charge is 0.304 e. The lowest BCUT2D eigenvalue weighted by Gasteiger charge is -2.47. The molecule has 7 heteroatoms. The Morgan fingerprint density at radius 3 is 2.35 bits per heavy atom. The first kappa shape index (κ1) is 22.1. The van der Waals surface area contributed by atoms with Crippen LogP contribution in [-0.4, -0.2) is 39.1 Å². The van der Waals surface area contributed by atoms with Crippen LogP contribution in [0.15, 0.2) is 48.5 Å². The highest BCUT2D eigenvalue weighted by Crippen LogP contribution is 2.49. The largest absolute Gasteiger partial charge is 0.481 e. The lowest BCUT2D eigenvalue weighted by atomic mass is 9.74. The van der Waals surface area contributed by atoms with Crippen molar-refractivity contribution in [2.24, 2.45) is 5.92 Å². The van der Waals surface area contributed by atoms with Crippen molar-refractivity contribution in [2.75, 3.05) is 0 Å². The molecular weight excluding hydrogens is 437 g/mol. The average Bonchev–Trinajstić information content (AvgIpc) is 3.15. The molecule has 2 N–H and O–H groups in total. The summed E-state index contributed by atoms with van der Waals surface area (Å²) in [4.78, 5) is 27.0. The minimum Gasteiger partial charge on any atom is -0.481 e. The summed E-state index contributed by atoms with van der Waals surface area (Å²) in [6, 6.07) is 14.6. The minimum absolute atomic E-state index is 0.125. The Labute approximate surface area is 191 Å². The minimum atomic E-state index is -0.987. The summed E-state index contributed by atoms with van der Waals surface area (Å²) in [5, 5.41) is 20.8. The fourth-order valence-electron chi connectivity index (χ4n) is 5.16. The molecule has 0 spiro atoms. The Bertz CT molecular complexity index is 964. The Hall–Kier alpha value is -2.08. The number of halogens is 2. The number of likely N-dealkylation sites (tertiary alicyclic amines) is 1. The van der Waals surface area contributed by atoms with Gasteiger partial charge in [-0.2, -0.15) is 0 Å². The molecule has 1 heterocycles. The van der Waals surface area contributed by atoms with Crippen molar-refractivity contribution in [1.82, 2.24) is 4.90 Å². The number of hydrogen-bond donors (Lipinski definition) is 2. The van der Waals surface area contributed by atoms with Gasteiger partial charge >= 0.3 is 5.97 Å². The van der Waals surface area contributed by atoms with Crippen LogP contribution < -0.4 is 0 Å². The fraction of sp³-hybridized carbons (Fsp3) is 0.417. The van der Waals surface area contributed by atoms with Gasteiger partial charge in [-0.25, -0.2) is 0 Å². The van der Waals surface area contributed by atoms with Crippen LogP contribution in [0.3, 0.4) is 0 Å². The maximum absolute atomic E-state index is 13.6. The standard InChI is InChI=1S/C24H25Cl2NO4/c25-17-6-4-14(5-7-17)23-21(15-2-1-3-18(26)10-15)11-16(12-22(29)30)24(31)27(23)19-8-9-20(28)13-19/h1-7,10,16,19-21,23,28H,8-9,11-13H2,(H,29,30)/t16?,19?,20-,21-,23-/m1/s1. The van der Waals surface area contributed by atoms with Crippen molar-refractivity contribution < 1.29 is 19.8 Å². The molecule has 1 aliphatic heterocycles. The molecule has 1 amide bonds. The number of benzene rings is 2. The van der Waals surface area contributed by atoms with Crippen LogP contribution in [0.1, 0.15) is 55.2 Å². The van der Waals surface area contributed by atoms with E-state index in [1.807, 2.05) is 35.2 Å². The SMILES string of the molecule is O=C(O)CC1C[C@H](c2cccc(Cl)c2)[C@@H](c2ccc(Cl)cc2)N(C2CC[C@@H](O)C2)C1=O. The molecule has 2 aliphatic rings. The Kier molecular flexibility index (Phi) is 6.56. The Balaban J connectivity index is 1.83. The van der Waals surface area contributed by atoms with Crippen LogP contribution in [0, 0.1) is 5.92 Å². The van der Waals surface area contributed by atoms with Gasteiger partial charge in [0.2, 0.25) is 5.91 Å².